The molecule has 1 aliphatic heterocycles. The summed E-state index contributed by atoms with van der Waals surface area (Å²) in [7, 11) is 4.01. The number of likely N-dealkylation sites (N-methyl/N-ethyl adjacent to an activating group) is 1. The van der Waals surface area contributed by atoms with Crippen LogP contribution in [0.25, 0.3) is 11.0 Å². The molecule has 4 rings (SSSR count). The quantitative estimate of drug-likeness (QED) is 0.595. The second kappa shape index (κ2) is 10.8. The van der Waals surface area contributed by atoms with Crippen LogP contribution in [0.2, 0.25) is 0 Å². The third kappa shape index (κ3) is 5.46. The van der Waals surface area contributed by atoms with Crippen molar-refractivity contribution in [1.29, 1.82) is 0 Å². The third-order valence-electron chi connectivity index (χ3n) is 6.39. The molecule has 8 heteroatoms. The fraction of sp³-hybridized carbons (Fsp3) is 0.423. The van der Waals surface area contributed by atoms with Crippen molar-refractivity contribution >= 4 is 28.5 Å². The van der Waals surface area contributed by atoms with Crippen molar-refractivity contribution in [2.45, 2.75) is 26.5 Å². The summed E-state index contributed by atoms with van der Waals surface area (Å²) in [5.74, 6) is 0.724. The van der Waals surface area contributed by atoms with E-state index < -0.39 is 0 Å². The predicted octanol–water partition coefficient (Wildman–Crippen LogP) is 2.81. The van der Waals surface area contributed by atoms with E-state index in [1.54, 1.807) is 6.92 Å². The summed E-state index contributed by atoms with van der Waals surface area (Å²) in [6.45, 7) is 5.15. The number of carbonyl (C=O) groups is 2. The minimum atomic E-state index is -0.0735. The van der Waals surface area contributed by atoms with Gasteiger partial charge in [-0.1, -0.05) is 30.3 Å². The number of hydrogen-bond acceptors (Lipinski definition) is 5. The minimum absolute atomic E-state index is 0.0121. The third-order valence-corrected chi connectivity index (χ3v) is 6.39. The van der Waals surface area contributed by atoms with Gasteiger partial charge in [0, 0.05) is 45.8 Å². The molecule has 8 nitrogen and oxygen atoms in total. The van der Waals surface area contributed by atoms with E-state index in [-0.39, 0.29) is 25.0 Å². The molecule has 0 aliphatic carbocycles. The highest BCUT2D eigenvalue weighted by Crippen LogP contribution is 2.23. The molecule has 0 unspecified atom stereocenters. The predicted molar refractivity (Wildman–Crippen MR) is 132 cm³/mol. The number of imidazole rings is 1. The summed E-state index contributed by atoms with van der Waals surface area (Å²) >= 11 is 0. The maximum atomic E-state index is 13.2. The van der Waals surface area contributed by atoms with Crippen LogP contribution in [0, 0.1) is 0 Å². The first-order valence-electron chi connectivity index (χ1n) is 11.7. The van der Waals surface area contributed by atoms with Gasteiger partial charge in [-0.25, -0.2) is 4.98 Å². The zero-order valence-electron chi connectivity index (χ0n) is 20.2. The van der Waals surface area contributed by atoms with E-state index in [2.05, 4.69) is 9.88 Å². The Bertz CT molecular complexity index is 1160. The number of nitrogens with zero attached hydrogens (tertiary/aromatic N) is 5. The molecular weight excluding hydrogens is 430 g/mol. The molecule has 0 atom stereocenters. The van der Waals surface area contributed by atoms with Crippen molar-refractivity contribution in [3.05, 3.63) is 59.9 Å². The Labute approximate surface area is 200 Å². The van der Waals surface area contributed by atoms with E-state index in [1.165, 1.54) is 0 Å². The molecule has 0 saturated carbocycles. The lowest BCUT2D eigenvalue weighted by Crippen LogP contribution is -2.39. The van der Waals surface area contributed by atoms with Gasteiger partial charge in [0.1, 0.15) is 19.0 Å². The Morgan fingerprint density at radius 3 is 2.53 bits per heavy atom. The smallest absolute Gasteiger partial charge is 0.248 e. The Kier molecular flexibility index (Phi) is 7.59. The normalized spacial score (nSPS) is 15.7. The molecule has 180 valence electrons. The van der Waals surface area contributed by atoms with Crippen molar-refractivity contribution < 1.29 is 14.3 Å². The van der Waals surface area contributed by atoms with Gasteiger partial charge in [0.15, 0.2) is 0 Å². The number of rotatable bonds is 4. The van der Waals surface area contributed by atoms with Gasteiger partial charge < -0.3 is 24.0 Å². The number of carbonyl (C=O) groups excluding carboxylic acids is 2. The topological polar surface area (TPSA) is 70.9 Å². The summed E-state index contributed by atoms with van der Waals surface area (Å²) in [6, 6.07) is 15.8. The van der Waals surface area contributed by atoms with E-state index in [1.807, 2.05) is 77.0 Å². The molecule has 2 aromatic carbocycles. The Hall–Kier alpha value is -3.23. The van der Waals surface area contributed by atoms with Gasteiger partial charge in [-0.3, -0.25) is 9.59 Å². The summed E-state index contributed by atoms with van der Waals surface area (Å²) in [5.41, 5.74) is 3.79. The van der Waals surface area contributed by atoms with Crippen molar-refractivity contribution in [3.63, 3.8) is 0 Å². The average molecular weight is 464 g/mol. The zero-order valence-corrected chi connectivity index (χ0v) is 20.2. The molecule has 0 fully saturated rings. The highest BCUT2D eigenvalue weighted by atomic mass is 16.5. The van der Waals surface area contributed by atoms with Gasteiger partial charge in [-0.15, -0.1) is 0 Å². The number of aryl methyl sites for hydroxylation is 1. The fourth-order valence-corrected chi connectivity index (χ4v) is 4.40. The molecule has 1 aliphatic rings. The molecule has 2 amide bonds. The van der Waals surface area contributed by atoms with Gasteiger partial charge in [0.25, 0.3) is 0 Å². The first-order chi connectivity index (χ1) is 16.4. The van der Waals surface area contributed by atoms with Crippen molar-refractivity contribution in [1.82, 2.24) is 19.4 Å². The second-order valence-electron chi connectivity index (χ2n) is 8.84. The fourth-order valence-electron chi connectivity index (χ4n) is 4.40. The minimum Gasteiger partial charge on any atom is -0.364 e. The molecule has 0 bridgehead atoms. The number of aromatic nitrogens is 2. The molecule has 0 spiro atoms. The molecule has 2 heterocycles. The number of benzene rings is 2. The lowest BCUT2D eigenvalue weighted by Gasteiger charge is -2.27. The van der Waals surface area contributed by atoms with Crippen LogP contribution in [0.15, 0.2) is 48.5 Å². The molecular formula is C26H33N5O3. The number of anilines is 1. The molecule has 34 heavy (non-hydrogen) atoms. The van der Waals surface area contributed by atoms with Crippen LogP contribution in [-0.2, 0) is 34.5 Å². The van der Waals surface area contributed by atoms with Crippen LogP contribution in [0.4, 0.5) is 5.69 Å². The van der Waals surface area contributed by atoms with Crippen molar-refractivity contribution in [3.8, 4) is 0 Å². The summed E-state index contributed by atoms with van der Waals surface area (Å²) in [6.07, 6.45) is 0.874. The van der Waals surface area contributed by atoms with Crippen LogP contribution in [0.3, 0.4) is 0 Å². The number of amides is 2. The van der Waals surface area contributed by atoms with Crippen LogP contribution in [0.5, 0.6) is 0 Å². The maximum absolute atomic E-state index is 13.2. The molecule has 3 aromatic rings. The largest absolute Gasteiger partial charge is 0.364 e. The lowest BCUT2D eigenvalue weighted by atomic mass is 10.1. The number of fused-ring (bicyclic) bond motifs is 2. The van der Waals surface area contributed by atoms with E-state index in [4.69, 9.17) is 4.74 Å². The summed E-state index contributed by atoms with van der Waals surface area (Å²) in [5, 5.41) is 0. The van der Waals surface area contributed by atoms with Crippen LogP contribution in [-0.4, -0.2) is 71.0 Å². The number of ether oxygens (including phenoxy) is 1. The Morgan fingerprint density at radius 2 is 1.74 bits per heavy atom. The van der Waals surface area contributed by atoms with Crippen molar-refractivity contribution in [2.75, 3.05) is 44.7 Å². The summed E-state index contributed by atoms with van der Waals surface area (Å²) in [4.78, 5) is 36.0. The first-order valence-corrected chi connectivity index (χ1v) is 11.7. The van der Waals surface area contributed by atoms with Gasteiger partial charge in [-0.05, 0) is 43.8 Å². The average Bonchev–Trinajstić information content (AvgIpc) is 3.13. The Balaban J connectivity index is 1.48. The molecule has 1 aromatic heterocycles. The molecule has 0 N–H and O–H groups in total. The molecule has 0 radical (unpaired) electrons. The molecule has 0 saturated heterocycles. The monoisotopic (exact) mass is 463 g/mol. The Morgan fingerprint density at radius 1 is 0.971 bits per heavy atom. The van der Waals surface area contributed by atoms with Gasteiger partial charge >= 0.3 is 0 Å². The van der Waals surface area contributed by atoms with Gasteiger partial charge in [0.05, 0.1) is 11.0 Å². The zero-order chi connectivity index (χ0) is 24.1. The lowest BCUT2D eigenvalue weighted by molar-refractivity contribution is -0.137. The van der Waals surface area contributed by atoms with Gasteiger partial charge in [0.2, 0.25) is 11.8 Å². The van der Waals surface area contributed by atoms with E-state index >= 15 is 0 Å². The number of para-hydroxylation sites is 3. The highest BCUT2D eigenvalue weighted by Gasteiger charge is 2.21. The van der Waals surface area contributed by atoms with E-state index in [0.29, 0.717) is 19.6 Å². The SMILES string of the molecule is CC(=O)N1CCCN(C)CCN(C(=O)COCc2nc3ccccc3n2C)Cc2ccccc21. The van der Waals surface area contributed by atoms with Crippen LogP contribution >= 0.6 is 0 Å². The first kappa shape index (κ1) is 23.9. The standard InChI is InChI=1S/C26H33N5O3/c1-20(32)31-14-8-13-28(2)15-16-30(17-21-9-4-6-11-23(21)31)26(33)19-34-18-25-27-22-10-5-7-12-24(22)29(25)3/h4-7,9-12H,8,13-19H2,1-3H3. The van der Waals surface area contributed by atoms with Crippen LogP contribution in [0.1, 0.15) is 24.7 Å². The van der Waals surface area contributed by atoms with Gasteiger partial charge in [-0.2, -0.15) is 0 Å². The summed E-state index contributed by atoms with van der Waals surface area (Å²) < 4.78 is 7.81. The second-order valence-corrected chi connectivity index (χ2v) is 8.84. The maximum Gasteiger partial charge on any atom is 0.248 e. The van der Waals surface area contributed by atoms with Crippen LogP contribution < -0.4 is 4.90 Å². The van der Waals surface area contributed by atoms with E-state index in [0.717, 1.165) is 47.6 Å². The highest BCUT2D eigenvalue weighted by molar-refractivity contribution is 5.92. The van der Waals surface area contributed by atoms with Crippen molar-refractivity contribution in [2.24, 2.45) is 7.05 Å². The number of hydrogen-bond donors (Lipinski definition) is 0. The van der Waals surface area contributed by atoms with E-state index in [9.17, 15) is 9.59 Å².